The third kappa shape index (κ3) is 4.74. The van der Waals surface area contributed by atoms with Gasteiger partial charge in [-0.2, -0.15) is 0 Å². The van der Waals surface area contributed by atoms with E-state index in [4.69, 9.17) is 4.84 Å². The molecule has 1 heterocycles. The van der Waals surface area contributed by atoms with Crippen molar-refractivity contribution in [1.82, 2.24) is 9.63 Å². The molecular formula is C24H28N2O3. The monoisotopic (exact) mass is 392 g/mol. The summed E-state index contributed by atoms with van der Waals surface area (Å²) in [6.07, 6.45) is 5.38. The molecule has 152 valence electrons. The van der Waals surface area contributed by atoms with Crippen LogP contribution in [0.3, 0.4) is 0 Å². The molecule has 3 aromatic rings. The third-order valence-electron chi connectivity index (χ3n) is 5.53. The Morgan fingerprint density at radius 3 is 1.93 bits per heavy atom. The van der Waals surface area contributed by atoms with E-state index in [1.807, 2.05) is 65.7 Å². The molecule has 0 unspecified atom stereocenters. The molecule has 1 aliphatic rings. The Hall–Kier alpha value is -2.92. The summed E-state index contributed by atoms with van der Waals surface area (Å²) in [5.41, 5.74) is 2.22. The summed E-state index contributed by atoms with van der Waals surface area (Å²) >= 11 is 0. The van der Waals surface area contributed by atoms with Gasteiger partial charge in [0.1, 0.15) is 0 Å². The number of hydrogen-bond acceptors (Lipinski definition) is 4. The van der Waals surface area contributed by atoms with Gasteiger partial charge in [0.15, 0.2) is 5.88 Å². The van der Waals surface area contributed by atoms with Crippen LogP contribution in [0, 0.1) is 0 Å². The van der Waals surface area contributed by atoms with E-state index in [9.17, 15) is 10.2 Å². The molecular weight excluding hydrogens is 364 g/mol. The molecule has 0 spiro atoms. The molecule has 1 aromatic heterocycles. The van der Waals surface area contributed by atoms with Crippen molar-refractivity contribution in [3.63, 3.8) is 0 Å². The molecule has 1 fully saturated rings. The first-order valence-corrected chi connectivity index (χ1v) is 10.3. The first kappa shape index (κ1) is 19.4. The molecule has 1 aliphatic carbocycles. The Bertz CT molecular complexity index is 861. The Morgan fingerprint density at radius 1 is 0.828 bits per heavy atom. The fourth-order valence-corrected chi connectivity index (χ4v) is 4.08. The van der Waals surface area contributed by atoms with Gasteiger partial charge in [-0.15, -0.1) is 5.06 Å². The average Bonchev–Trinajstić information content (AvgIpc) is 3.03. The van der Waals surface area contributed by atoms with Crippen molar-refractivity contribution in [2.24, 2.45) is 0 Å². The maximum atomic E-state index is 10.8. The number of hydroxylamine groups is 2. The maximum absolute atomic E-state index is 10.8. The molecule has 1 saturated carbocycles. The van der Waals surface area contributed by atoms with Gasteiger partial charge in [-0.25, -0.2) is 0 Å². The highest BCUT2D eigenvalue weighted by atomic mass is 16.7. The summed E-state index contributed by atoms with van der Waals surface area (Å²) in [4.78, 5) is 6.11. The number of aromatic nitrogens is 1. The van der Waals surface area contributed by atoms with Crippen LogP contribution in [0.25, 0.3) is 0 Å². The second-order valence-corrected chi connectivity index (χ2v) is 7.71. The van der Waals surface area contributed by atoms with Gasteiger partial charge < -0.3 is 15.1 Å². The molecule has 0 bridgehead atoms. The van der Waals surface area contributed by atoms with E-state index in [1.54, 1.807) is 4.57 Å². The smallest absolute Gasteiger partial charge is 0.240 e. The number of aromatic hydroxyl groups is 2. The maximum Gasteiger partial charge on any atom is 0.240 e. The number of benzene rings is 2. The van der Waals surface area contributed by atoms with Crippen molar-refractivity contribution in [2.75, 3.05) is 0 Å². The highest BCUT2D eigenvalue weighted by Gasteiger charge is 2.25. The number of hydrogen-bond donors (Lipinski definition) is 2. The molecule has 2 N–H and O–H groups in total. The van der Waals surface area contributed by atoms with Gasteiger partial charge in [0.25, 0.3) is 0 Å². The minimum Gasteiger partial charge on any atom is -0.494 e. The van der Waals surface area contributed by atoms with Crippen LogP contribution in [0.2, 0.25) is 0 Å². The van der Waals surface area contributed by atoms with Crippen LogP contribution < -0.4 is 4.84 Å². The first-order chi connectivity index (χ1) is 14.2. The van der Waals surface area contributed by atoms with E-state index in [2.05, 4.69) is 0 Å². The minimum atomic E-state index is 0.000485. The van der Waals surface area contributed by atoms with Gasteiger partial charge in [-0.3, -0.25) is 4.57 Å². The predicted molar refractivity (Wildman–Crippen MR) is 113 cm³/mol. The molecule has 0 atom stereocenters. The fourth-order valence-electron chi connectivity index (χ4n) is 4.08. The molecule has 5 heteroatoms. The molecule has 5 nitrogen and oxygen atoms in total. The zero-order chi connectivity index (χ0) is 20.1. The highest BCUT2D eigenvalue weighted by Crippen LogP contribution is 2.42. The zero-order valence-corrected chi connectivity index (χ0v) is 16.6. The number of rotatable bonds is 7. The topological polar surface area (TPSA) is 57.9 Å². The molecule has 4 rings (SSSR count). The summed E-state index contributed by atoms with van der Waals surface area (Å²) in [5.74, 6) is 0.351. The second-order valence-electron chi connectivity index (χ2n) is 7.71. The zero-order valence-electron chi connectivity index (χ0n) is 16.6. The van der Waals surface area contributed by atoms with Crippen LogP contribution in [0.5, 0.6) is 17.5 Å². The van der Waals surface area contributed by atoms with Crippen molar-refractivity contribution in [1.29, 1.82) is 0 Å². The third-order valence-corrected chi connectivity index (χ3v) is 5.53. The lowest BCUT2D eigenvalue weighted by molar-refractivity contribution is -0.0776. The van der Waals surface area contributed by atoms with Gasteiger partial charge in [0, 0.05) is 12.1 Å². The van der Waals surface area contributed by atoms with Gasteiger partial charge in [-0.1, -0.05) is 79.9 Å². The van der Waals surface area contributed by atoms with Gasteiger partial charge in [-0.05, 0) is 24.0 Å². The molecule has 0 amide bonds. The van der Waals surface area contributed by atoms with Crippen LogP contribution >= 0.6 is 0 Å². The van der Waals surface area contributed by atoms with Crippen LogP contribution in [0.1, 0.15) is 49.3 Å². The quantitative estimate of drug-likeness (QED) is 0.529. The van der Waals surface area contributed by atoms with E-state index in [0.717, 1.165) is 36.8 Å². The molecule has 0 saturated heterocycles. The van der Waals surface area contributed by atoms with Crippen molar-refractivity contribution in [3.05, 3.63) is 77.9 Å². The van der Waals surface area contributed by atoms with E-state index < -0.39 is 0 Å². The fraction of sp³-hybridized carbons (Fsp3) is 0.333. The summed E-state index contributed by atoms with van der Waals surface area (Å²) < 4.78 is 1.62. The summed E-state index contributed by atoms with van der Waals surface area (Å²) in [7, 11) is 0. The molecule has 0 aliphatic heterocycles. The van der Waals surface area contributed by atoms with Crippen molar-refractivity contribution in [2.45, 2.75) is 51.2 Å². The van der Waals surface area contributed by atoms with Crippen LogP contribution in [-0.2, 0) is 13.1 Å². The van der Waals surface area contributed by atoms with Crippen LogP contribution in [0.15, 0.2) is 66.7 Å². The van der Waals surface area contributed by atoms with Crippen LogP contribution in [0.4, 0.5) is 0 Å². The highest BCUT2D eigenvalue weighted by molar-refractivity contribution is 5.42. The first-order valence-electron chi connectivity index (χ1n) is 10.3. The predicted octanol–water partition coefficient (Wildman–Crippen LogP) is 5.40. The lowest BCUT2D eigenvalue weighted by Gasteiger charge is -2.25. The Labute approximate surface area is 171 Å². The van der Waals surface area contributed by atoms with Crippen molar-refractivity contribution >= 4 is 0 Å². The van der Waals surface area contributed by atoms with E-state index in [0.29, 0.717) is 18.8 Å². The van der Waals surface area contributed by atoms with Gasteiger partial charge in [0.05, 0.1) is 13.1 Å². The molecule has 2 aromatic carbocycles. The summed E-state index contributed by atoms with van der Waals surface area (Å²) in [5, 5.41) is 23.1. The van der Waals surface area contributed by atoms with E-state index >= 15 is 0 Å². The van der Waals surface area contributed by atoms with Crippen LogP contribution in [-0.4, -0.2) is 19.8 Å². The van der Waals surface area contributed by atoms with E-state index in [-0.39, 0.29) is 17.8 Å². The van der Waals surface area contributed by atoms with Gasteiger partial charge in [0.2, 0.25) is 11.6 Å². The Balaban J connectivity index is 1.56. The van der Waals surface area contributed by atoms with Crippen molar-refractivity contribution < 1.29 is 15.1 Å². The van der Waals surface area contributed by atoms with E-state index in [1.165, 1.54) is 12.5 Å². The van der Waals surface area contributed by atoms with Crippen molar-refractivity contribution in [3.8, 4) is 17.5 Å². The Morgan fingerprint density at radius 2 is 1.38 bits per heavy atom. The lowest BCUT2D eigenvalue weighted by Crippen LogP contribution is -2.26. The molecule has 29 heavy (non-hydrogen) atoms. The standard InChI is InChI=1S/C24H28N2O3/c27-23-16-22(24(28)26(23)21-14-8-3-9-15-21)29-25(17-19-10-4-1-5-11-19)18-20-12-6-2-7-13-20/h1-2,4-7,10-13,16,21,27-28H,3,8-9,14-15,17-18H2. The summed E-state index contributed by atoms with van der Waals surface area (Å²) in [6.45, 7) is 1.12. The normalized spacial score (nSPS) is 14.9. The Kier molecular flexibility index (Phi) is 6.06. The largest absolute Gasteiger partial charge is 0.494 e. The minimum absolute atomic E-state index is 0.000485. The van der Waals surface area contributed by atoms with Gasteiger partial charge >= 0.3 is 0 Å². The molecule has 0 radical (unpaired) electrons. The SMILES string of the molecule is Oc1cc(ON(Cc2ccccc2)Cc2ccccc2)c(O)n1C1CCCCC1. The second kappa shape index (κ2) is 9.05. The number of nitrogens with zero attached hydrogens (tertiary/aromatic N) is 2. The average molecular weight is 392 g/mol. The lowest BCUT2D eigenvalue weighted by atomic mass is 9.95. The summed E-state index contributed by atoms with van der Waals surface area (Å²) in [6, 6.07) is 21.8.